The van der Waals surface area contributed by atoms with Crippen LogP contribution in [0.2, 0.25) is 0 Å². The Morgan fingerprint density at radius 2 is 1.59 bits per heavy atom. The average molecular weight is 428 g/mol. The van der Waals surface area contributed by atoms with E-state index < -0.39 is 17.9 Å². The van der Waals surface area contributed by atoms with Crippen LogP contribution in [0.15, 0.2) is 78.9 Å². The number of carbonyl (C=O) groups excluding carboxylic acids is 1. The molecule has 1 amide bonds. The number of rotatable bonds is 6. The van der Waals surface area contributed by atoms with Crippen molar-refractivity contribution in [3.8, 4) is 0 Å². The smallest absolute Gasteiger partial charge is 0.326 e. The number of carboxylic acids is 1. The molecule has 0 aliphatic carbocycles. The maximum atomic E-state index is 13.8. The van der Waals surface area contributed by atoms with Crippen LogP contribution in [0.4, 0.5) is 0 Å². The Morgan fingerprint density at radius 3 is 2.22 bits per heavy atom. The minimum absolute atomic E-state index is 0.0106. The summed E-state index contributed by atoms with van der Waals surface area (Å²) >= 11 is 0. The highest BCUT2D eigenvalue weighted by Gasteiger charge is 2.37. The van der Waals surface area contributed by atoms with E-state index in [1.807, 2.05) is 66.7 Å². The van der Waals surface area contributed by atoms with E-state index in [0.29, 0.717) is 18.4 Å². The summed E-state index contributed by atoms with van der Waals surface area (Å²) in [6.45, 7) is 0.276. The fourth-order valence-electron chi connectivity index (χ4n) is 4.26. The molecule has 2 atom stereocenters. The summed E-state index contributed by atoms with van der Waals surface area (Å²) in [5.74, 6) is -1.73. The van der Waals surface area contributed by atoms with Crippen molar-refractivity contribution in [1.82, 2.24) is 4.90 Å². The van der Waals surface area contributed by atoms with Crippen molar-refractivity contribution in [3.63, 3.8) is 0 Å². The number of nitrogens with two attached hydrogens (primary N) is 1. The Labute approximate surface area is 186 Å². The van der Waals surface area contributed by atoms with E-state index in [9.17, 15) is 14.7 Å². The summed E-state index contributed by atoms with van der Waals surface area (Å²) in [5, 5.41) is 17.4. The van der Waals surface area contributed by atoms with Crippen LogP contribution in [-0.4, -0.2) is 33.8 Å². The summed E-state index contributed by atoms with van der Waals surface area (Å²) in [4.78, 5) is 27.4. The third-order valence-corrected chi connectivity index (χ3v) is 6.02. The summed E-state index contributed by atoms with van der Waals surface area (Å²) in [5.41, 5.74) is 9.89. The molecule has 1 aliphatic heterocycles. The Hall–Kier alpha value is -3.93. The molecule has 0 saturated carbocycles. The van der Waals surface area contributed by atoms with E-state index in [-0.39, 0.29) is 18.3 Å². The lowest BCUT2D eigenvalue weighted by atomic mass is 9.87. The standard InChI is InChI=1S/C26H25N3O3/c27-24(28)19-12-10-17(11-13-19)14-22(18-6-2-1-3-7-18)25(30)29-16-21-9-5-4-8-20(21)15-23(29)26(31)32/h1-13,22-23H,14-16H2,(H3,27,28)(H,31,32)/t22-,23+/m1/s1. The Morgan fingerprint density at radius 1 is 0.969 bits per heavy atom. The van der Waals surface area contributed by atoms with E-state index in [0.717, 1.165) is 22.3 Å². The second-order valence-electron chi connectivity index (χ2n) is 8.07. The second-order valence-corrected chi connectivity index (χ2v) is 8.07. The van der Waals surface area contributed by atoms with Crippen LogP contribution in [-0.2, 0) is 29.0 Å². The summed E-state index contributed by atoms with van der Waals surface area (Å²) in [7, 11) is 0. The minimum Gasteiger partial charge on any atom is -0.480 e. The van der Waals surface area contributed by atoms with Gasteiger partial charge < -0.3 is 15.7 Å². The molecular formula is C26H25N3O3. The molecule has 0 bridgehead atoms. The number of hydrogen-bond acceptors (Lipinski definition) is 3. The zero-order chi connectivity index (χ0) is 22.7. The predicted octanol–water partition coefficient (Wildman–Crippen LogP) is 3.34. The Kier molecular flexibility index (Phi) is 6.03. The quantitative estimate of drug-likeness (QED) is 0.414. The summed E-state index contributed by atoms with van der Waals surface area (Å²) in [6, 6.07) is 23.5. The fourth-order valence-corrected chi connectivity index (χ4v) is 4.26. The number of amidine groups is 1. The van der Waals surface area contributed by atoms with Gasteiger partial charge in [0.15, 0.2) is 0 Å². The molecule has 3 aromatic rings. The van der Waals surface area contributed by atoms with E-state index >= 15 is 0 Å². The third kappa shape index (κ3) is 4.39. The number of carbonyl (C=O) groups is 2. The van der Waals surface area contributed by atoms with Crippen molar-refractivity contribution in [2.45, 2.75) is 31.3 Å². The van der Waals surface area contributed by atoms with Gasteiger partial charge in [0, 0.05) is 18.5 Å². The number of nitrogens with zero attached hydrogens (tertiary/aromatic N) is 1. The van der Waals surface area contributed by atoms with Gasteiger partial charge in [0.2, 0.25) is 5.91 Å². The van der Waals surface area contributed by atoms with Gasteiger partial charge >= 0.3 is 5.97 Å². The first-order valence-electron chi connectivity index (χ1n) is 10.5. The van der Waals surface area contributed by atoms with E-state index in [1.54, 1.807) is 12.1 Å². The van der Waals surface area contributed by atoms with E-state index in [2.05, 4.69) is 0 Å². The molecule has 6 nitrogen and oxygen atoms in total. The number of amides is 1. The van der Waals surface area contributed by atoms with Gasteiger partial charge in [-0.05, 0) is 28.7 Å². The number of nitrogens with one attached hydrogen (secondary N) is 1. The second kappa shape index (κ2) is 9.06. The largest absolute Gasteiger partial charge is 0.480 e. The number of hydrogen-bond donors (Lipinski definition) is 3. The molecule has 162 valence electrons. The van der Waals surface area contributed by atoms with Crippen molar-refractivity contribution in [2.75, 3.05) is 0 Å². The molecule has 1 aliphatic rings. The highest BCUT2D eigenvalue weighted by Crippen LogP contribution is 2.30. The molecule has 4 N–H and O–H groups in total. The van der Waals surface area contributed by atoms with Gasteiger partial charge in [-0.15, -0.1) is 0 Å². The molecule has 3 aromatic carbocycles. The molecule has 4 rings (SSSR count). The van der Waals surface area contributed by atoms with Gasteiger partial charge in [0.1, 0.15) is 11.9 Å². The number of aliphatic carboxylic acids is 1. The Bertz CT molecular complexity index is 1140. The van der Waals surface area contributed by atoms with Crippen LogP contribution in [0, 0.1) is 5.41 Å². The normalized spacial score (nSPS) is 16.1. The van der Waals surface area contributed by atoms with E-state index in [4.69, 9.17) is 11.1 Å². The molecule has 1 heterocycles. The summed E-state index contributed by atoms with van der Waals surface area (Å²) in [6.07, 6.45) is 0.720. The minimum atomic E-state index is -0.995. The van der Waals surface area contributed by atoms with Crippen LogP contribution in [0.3, 0.4) is 0 Å². The monoisotopic (exact) mass is 427 g/mol. The van der Waals surface area contributed by atoms with Gasteiger partial charge in [0.05, 0.1) is 5.92 Å². The first kappa shape index (κ1) is 21.3. The maximum Gasteiger partial charge on any atom is 0.326 e. The zero-order valence-electron chi connectivity index (χ0n) is 17.6. The van der Waals surface area contributed by atoms with Crippen molar-refractivity contribution in [2.24, 2.45) is 5.73 Å². The molecule has 0 aromatic heterocycles. The average Bonchev–Trinajstić information content (AvgIpc) is 2.82. The SMILES string of the molecule is N=C(N)c1ccc(C[C@@H](C(=O)N2Cc3ccccc3C[C@H]2C(=O)O)c2ccccc2)cc1. The van der Waals surface area contributed by atoms with Gasteiger partial charge in [0.25, 0.3) is 0 Å². The first-order chi connectivity index (χ1) is 15.4. The van der Waals surface area contributed by atoms with Gasteiger partial charge in [-0.2, -0.15) is 0 Å². The molecular weight excluding hydrogens is 402 g/mol. The van der Waals surface area contributed by atoms with Gasteiger partial charge in [-0.3, -0.25) is 10.2 Å². The number of fused-ring (bicyclic) bond motifs is 1. The summed E-state index contributed by atoms with van der Waals surface area (Å²) < 4.78 is 0. The molecule has 0 spiro atoms. The first-order valence-corrected chi connectivity index (χ1v) is 10.5. The lowest BCUT2D eigenvalue weighted by Gasteiger charge is -2.37. The van der Waals surface area contributed by atoms with Gasteiger partial charge in [-0.25, -0.2) is 4.79 Å². The van der Waals surface area contributed by atoms with Crippen molar-refractivity contribution >= 4 is 17.7 Å². The number of carboxylic acid groups (broad SMARTS) is 1. The lowest BCUT2D eigenvalue weighted by Crippen LogP contribution is -2.50. The molecule has 0 unspecified atom stereocenters. The predicted molar refractivity (Wildman–Crippen MR) is 122 cm³/mol. The molecule has 0 radical (unpaired) electrons. The fraction of sp³-hybridized carbons (Fsp3) is 0.192. The molecule has 0 saturated heterocycles. The maximum absolute atomic E-state index is 13.8. The number of nitrogen functional groups attached to an aromatic ring is 1. The molecule has 32 heavy (non-hydrogen) atoms. The van der Waals surface area contributed by atoms with E-state index in [1.165, 1.54) is 4.90 Å². The number of benzene rings is 3. The molecule has 0 fully saturated rings. The zero-order valence-corrected chi connectivity index (χ0v) is 17.6. The molecule has 6 heteroatoms. The lowest BCUT2D eigenvalue weighted by molar-refractivity contribution is -0.152. The third-order valence-electron chi connectivity index (χ3n) is 6.02. The van der Waals surface area contributed by atoms with Crippen LogP contribution in [0.1, 0.15) is 33.7 Å². The van der Waals surface area contributed by atoms with Crippen molar-refractivity contribution in [3.05, 3.63) is 107 Å². The van der Waals surface area contributed by atoms with Crippen molar-refractivity contribution < 1.29 is 14.7 Å². The Balaban J connectivity index is 1.68. The topological polar surface area (TPSA) is 107 Å². The van der Waals surface area contributed by atoms with Crippen LogP contribution >= 0.6 is 0 Å². The van der Waals surface area contributed by atoms with Crippen molar-refractivity contribution in [1.29, 1.82) is 5.41 Å². The highest BCUT2D eigenvalue weighted by atomic mass is 16.4. The van der Waals surface area contributed by atoms with Crippen LogP contribution < -0.4 is 5.73 Å². The highest BCUT2D eigenvalue weighted by molar-refractivity contribution is 5.95. The van der Waals surface area contributed by atoms with Crippen LogP contribution in [0.25, 0.3) is 0 Å². The van der Waals surface area contributed by atoms with Gasteiger partial charge in [-0.1, -0.05) is 78.9 Å². The van der Waals surface area contributed by atoms with Crippen LogP contribution in [0.5, 0.6) is 0 Å².